The highest BCUT2D eigenvalue weighted by atomic mass is 16.3. The summed E-state index contributed by atoms with van der Waals surface area (Å²) in [5.41, 5.74) is 3.88. The predicted molar refractivity (Wildman–Crippen MR) is 91.4 cm³/mol. The predicted octanol–water partition coefficient (Wildman–Crippen LogP) is 3.45. The normalized spacial score (nSPS) is 28.0. The average Bonchev–Trinajstić information content (AvgIpc) is 3.02. The fourth-order valence-corrected chi connectivity index (χ4v) is 3.95. The van der Waals surface area contributed by atoms with Gasteiger partial charge in [-0.15, -0.1) is 0 Å². The van der Waals surface area contributed by atoms with Gasteiger partial charge in [-0.1, -0.05) is 18.2 Å². The van der Waals surface area contributed by atoms with Crippen LogP contribution < -0.4 is 5.32 Å². The summed E-state index contributed by atoms with van der Waals surface area (Å²) in [5.74, 6) is 0. The highest BCUT2D eigenvalue weighted by molar-refractivity contribution is 5.75. The van der Waals surface area contributed by atoms with Crippen LogP contribution in [0.25, 0.3) is 0 Å². The fourth-order valence-electron chi connectivity index (χ4n) is 3.95. The third-order valence-corrected chi connectivity index (χ3v) is 5.54. The molecule has 0 bridgehead atoms. The molecule has 23 heavy (non-hydrogen) atoms. The Hall–Kier alpha value is -1.55. The Balaban J connectivity index is 1.69. The second kappa shape index (κ2) is 6.91. The molecule has 1 saturated heterocycles. The number of carbonyl (C=O) groups is 1. The number of aryl methyl sites for hydroxylation is 1. The molecule has 1 aliphatic carbocycles. The lowest BCUT2D eigenvalue weighted by molar-refractivity contribution is 0.114. The quantitative estimate of drug-likeness (QED) is 0.878. The van der Waals surface area contributed by atoms with Crippen LogP contribution in [0.4, 0.5) is 4.79 Å². The van der Waals surface area contributed by atoms with Crippen molar-refractivity contribution in [3.05, 3.63) is 34.9 Å². The van der Waals surface area contributed by atoms with Crippen LogP contribution >= 0.6 is 0 Å². The molecule has 0 aromatic heterocycles. The number of likely N-dealkylation sites (tertiary alicyclic amines) is 1. The molecule has 1 atom stereocenters. The Morgan fingerprint density at radius 3 is 2.65 bits per heavy atom. The SMILES string of the molecule is Cc1cccc([C@H]2CCCN2C(=O)NC2CCC(O)CC2)c1C. The van der Waals surface area contributed by atoms with Crippen molar-refractivity contribution >= 4 is 6.03 Å². The number of benzene rings is 1. The Morgan fingerprint density at radius 2 is 1.91 bits per heavy atom. The van der Waals surface area contributed by atoms with Crippen molar-refractivity contribution in [2.45, 2.75) is 70.6 Å². The molecule has 1 heterocycles. The van der Waals surface area contributed by atoms with E-state index in [-0.39, 0.29) is 24.2 Å². The smallest absolute Gasteiger partial charge is 0.318 e. The van der Waals surface area contributed by atoms with Crippen molar-refractivity contribution < 1.29 is 9.90 Å². The maximum Gasteiger partial charge on any atom is 0.318 e. The zero-order valence-electron chi connectivity index (χ0n) is 14.2. The van der Waals surface area contributed by atoms with E-state index in [0.29, 0.717) is 0 Å². The summed E-state index contributed by atoms with van der Waals surface area (Å²) in [7, 11) is 0. The van der Waals surface area contributed by atoms with Gasteiger partial charge in [0, 0.05) is 12.6 Å². The van der Waals surface area contributed by atoms with E-state index >= 15 is 0 Å². The van der Waals surface area contributed by atoms with Gasteiger partial charge in [-0.05, 0) is 69.1 Å². The third kappa shape index (κ3) is 3.52. The maximum atomic E-state index is 12.7. The zero-order chi connectivity index (χ0) is 16.4. The monoisotopic (exact) mass is 316 g/mol. The second-order valence-electron chi connectivity index (χ2n) is 7.10. The van der Waals surface area contributed by atoms with Crippen molar-refractivity contribution in [2.75, 3.05) is 6.54 Å². The van der Waals surface area contributed by atoms with Gasteiger partial charge < -0.3 is 15.3 Å². The van der Waals surface area contributed by atoms with Crippen LogP contribution in [0, 0.1) is 13.8 Å². The molecule has 0 radical (unpaired) electrons. The van der Waals surface area contributed by atoms with Crippen molar-refractivity contribution in [3.8, 4) is 0 Å². The van der Waals surface area contributed by atoms with Crippen molar-refractivity contribution in [2.24, 2.45) is 0 Å². The summed E-state index contributed by atoms with van der Waals surface area (Å²) in [4.78, 5) is 14.7. The fraction of sp³-hybridized carbons (Fsp3) is 0.632. The molecule has 2 aliphatic rings. The molecule has 2 amide bonds. The molecule has 2 N–H and O–H groups in total. The first kappa shape index (κ1) is 16.3. The van der Waals surface area contributed by atoms with Gasteiger partial charge in [-0.2, -0.15) is 0 Å². The summed E-state index contributed by atoms with van der Waals surface area (Å²) < 4.78 is 0. The van der Waals surface area contributed by atoms with E-state index in [1.165, 1.54) is 16.7 Å². The van der Waals surface area contributed by atoms with E-state index < -0.39 is 0 Å². The minimum atomic E-state index is -0.183. The van der Waals surface area contributed by atoms with Gasteiger partial charge in [-0.3, -0.25) is 0 Å². The molecule has 126 valence electrons. The van der Waals surface area contributed by atoms with E-state index in [1.54, 1.807) is 0 Å². The molecule has 2 fully saturated rings. The van der Waals surface area contributed by atoms with E-state index in [0.717, 1.165) is 45.1 Å². The van der Waals surface area contributed by atoms with Crippen LogP contribution in [0.3, 0.4) is 0 Å². The summed E-state index contributed by atoms with van der Waals surface area (Å²) in [5, 5.41) is 12.8. The molecule has 1 saturated carbocycles. The average molecular weight is 316 g/mol. The Labute approximate surface area is 138 Å². The zero-order valence-corrected chi connectivity index (χ0v) is 14.2. The number of aliphatic hydroxyl groups excluding tert-OH is 1. The van der Waals surface area contributed by atoms with Crippen molar-refractivity contribution in [1.29, 1.82) is 0 Å². The number of amides is 2. The van der Waals surface area contributed by atoms with Gasteiger partial charge in [0.05, 0.1) is 12.1 Å². The van der Waals surface area contributed by atoms with Crippen LogP contribution in [0.15, 0.2) is 18.2 Å². The molecule has 0 unspecified atom stereocenters. The Morgan fingerprint density at radius 1 is 1.17 bits per heavy atom. The number of rotatable bonds is 2. The summed E-state index contributed by atoms with van der Waals surface area (Å²) in [6.07, 6.45) is 5.29. The lowest BCUT2D eigenvalue weighted by Crippen LogP contribution is -2.46. The maximum absolute atomic E-state index is 12.7. The van der Waals surface area contributed by atoms with Crippen molar-refractivity contribution in [1.82, 2.24) is 10.2 Å². The molecule has 1 aliphatic heterocycles. The van der Waals surface area contributed by atoms with E-state index in [2.05, 4.69) is 37.4 Å². The Kier molecular flexibility index (Phi) is 4.90. The lowest BCUT2D eigenvalue weighted by atomic mass is 9.93. The van der Waals surface area contributed by atoms with Gasteiger partial charge in [0.15, 0.2) is 0 Å². The lowest BCUT2D eigenvalue weighted by Gasteiger charge is -2.31. The van der Waals surface area contributed by atoms with Crippen LogP contribution in [0.2, 0.25) is 0 Å². The second-order valence-corrected chi connectivity index (χ2v) is 7.10. The van der Waals surface area contributed by atoms with Gasteiger partial charge in [0.25, 0.3) is 0 Å². The number of hydrogen-bond acceptors (Lipinski definition) is 2. The first-order valence-electron chi connectivity index (χ1n) is 8.87. The topological polar surface area (TPSA) is 52.6 Å². The van der Waals surface area contributed by atoms with Crippen LogP contribution in [0.5, 0.6) is 0 Å². The highest BCUT2D eigenvalue weighted by Crippen LogP contribution is 2.34. The Bertz CT molecular complexity index is 564. The highest BCUT2D eigenvalue weighted by Gasteiger charge is 2.32. The first-order chi connectivity index (χ1) is 11.1. The number of aliphatic hydroxyl groups is 1. The van der Waals surface area contributed by atoms with Gasteiger partial charge >= 0.3 is 6.03 Å². The largest absolute Gasteiger partial charge is 0.393 e. The minimum absolute atomic E-state index is 0.0646. The van der Waals surface area contributed by atoms with Gasteiger partial charge in [0.2, 0.25) is 0 Å². The summed E-state index contributed by atoms with van der Waals surface area (Å²) in [6, 6.07) is 6.86. The molecule has 4 nitrogen and oxygen atoms in total. The van der Waals surface area contributed by atoms with Gasteiger partial charge in [0.1, 0.15) is 0 Å². The van der Waals surface area contributed by atoms with Crippen LogP contribution in [-0.2, 0) is 0 Å². The van der Waals surface area contributed by atoms with Crippen LogP contribution in [0.1, 0.15) is 61.3 Å². The number of nitrogens with one attached hydrogen (secondary N) is 1. The van der Waals surface area contributed by atoms with Crippen molar-refractivity contribution in [3.63, 3.8) is 0 Å². The molecule has 3 rings (SSSR count). The molecule has 1 aromatic rings. The minimum Gasteiger partial charge on any atom is -0.393 e. The number of carbonyl (C=O) groups excluding carboxylic acids is 1. The summed E-state index contributed by atoms with van der Waals surface area (Å²) in [6.45, 7) is 5.12. The number of nitrogens with zero attached hydrogens (tertiary/aromatic N) is 1. The molecule has 0 spiro atoms. The summed E-state index contributed by atoms with van der Waals surface area (Å²) >= 11 is 0. The number of urea groups is 1. The molecule has 1 aromatic carbocycles. The third-order valence-electron chi connectivity index (χ3n) is 5.54. The standard InChI is InChI=1S/C19H28N2O2/c1-13-5-3-6-17(14(13)2)18-7-4-12-21(18)19(23)20-15-8-10-16(22)11-9-15/h3,5-6,15-16,18,22H,4,7-12H2,1-2H3,(H,20,23)/t15?,16?,18-/m1/s1. The van der Waals surface area contributed by atoms with Gasteiger partial charge in [-0.25, -0.2) is 4.79 Å². The van der Waals surface area contributed by atoms with Crippen LogP contribution in [-0.4, -0.2) is 34.7 Å². The molecular formula is C19H28N2O2. The van der Waals surface area contributed by atoms with E-state index in [9.17, 15) is 9.90 Å². The van der Waals surface area contributed by atoms with E-state index in [1.807, 2.05) is 4.90 Å². The molecule has 4 heteroatoms. The molecular weight excluding hydrogens is 288 g/mol. The van der Waals surface area contributed by atoms with E-state index in [4.69, 9.17) is 0 Å². The first-order valence-corrected chi connectivity index (χ1v) is 8.87. The number of hydrogen-bond donors (Lipinski definition) is 2.